The summed E-state index contributed by atoms with van der Waals surface area (Å²) in [7, 11) is 0. The summed E-state index contributed by atoms with van der Waals surface area (Å²) in [5.74, 6) is 0.500. The predicted octanol–water partition coefficient (Wildman–Crippen LogP) is 4.69. The van der Waals surface area contributed by atoms with Gasteiger partial charge in [0.1, 0.15) is 12.4 Å². The lowest BCUT2D eigenvalue weighted by molar-refractivity contribution is 0.260. The minimum absolute atomic E-state index is 0.153. The highest BCUT2D eigenvalue weighted by Gasteiger charge is 2.11. The molecule has 0 spiro atoms. The predicted molar refractivity (Wildman–Crippen MR) is 80.4 cm³/mol. The molecule has 0 aliphatic heterocycles. The Hall–Kier alpha value is -0.740. The molecule has 0 aliphatic rings. The summed E-state index contributed by atoms with van der Waals surface area (Å²) < 4.78 is 5.72. The van der Waals surface area contributed by atoms with Gasteiger partial charge in [0.25, 0.3) is 0 Å². The molecule has 0 saturated carbocycles. The lowest BCUT2D eigenvalue weighted by Crippen LogP contribution is -1.98. The van der Waals surface area contributed by atoms with Gasteiger partial charge in [-0.25, -0.2) is 0 Å². The SMILES string of the molecule is CCc1ccc(COc2c(Cl)cc(Cl)cc2CO)s1. The Balaban J connectivity index is 2.14. The molecule has 5 heteroatoms. The van der Waals surface area contributed by atoms with Crippen LogP contribution in [0.15, 0.2) is 24.3 Å². The number of aryl methyl sites for hydroxylation is 1. The Morgan fingerprint density at radius 3 is 2.58 bits per heavy atom. The van der Waals surface area contributed by atoms with Crippen LogP contribution in [0.1, 0.15) is 22.2 Å². The van der Waals surface area contributed by atoms with E-state index in [2.05, 4.69) is 13.0 Å². The third kappa shape index (κ3) is 3.63. The van der Waals surface area contributed by atoms with E-state index in [0.717, 1.165) is 11.3 Å². The van der Waals surface area contributed by atoms with Crippen molar-refractivity contribution in [2.24, 2.45) is 0 Å². The maximum atomic E-state index is 9.31. The number of hydrogen-bond acceptors (Lipinski definition) is 3. The van der Waals surface area contributed by atoms with E-state index in [1.807, 2.05) is 6.07 Å². The van der Waals surface area contributed by atoms with Crippen LogP contribution in [0.5, 0.6) is 5.75 Å². The maximum Gasteiger partial charge on any atom is 0.144 e. The zero-order valence-electron chi connectivity index (χ0n) is 10.5. The highest BCUT2D eigenvalue weighted by Crippen LogP contribution is 2.33. The summed E-state index contributed by atoms with van der Waals surface area (Å²) >= 11 is 13.7. The summed E-state index contributed by atoms with van der Waals surface area (Å²) in [5, 5.41) is 10.2. The molecule has 0 aliphatic carbocycles. The highest BCUT2D eigenvalue weighted by atomic mass is 35.5. The number of thiophene rings is 1. The number of benzene rings is 1. The second-order valence-corrected chi connectivity index (χ2v) is 6.14. The van der Waals surface area contributed by atoms with Gasteiger partial charge in [-0.3, -0.25) is 0 Å². The zero-order valence-corrected chi connectivity index (χ0v) is 12.8. The number of ether oxygens (including phenoxy) is 1. The Labute approximate surface area is 126 Å². The summed E-state index contributed by atoms with van der Waals surface area (Å²) in [6, 6.07) is 7.42. The van der Waals surface area contributed by atoms with Crippen molar-refractivity contribution < 1.29 is 9.84 Å². The van der Waals surface area contributed by atoms with E-state index in [1.165, 1.54) is 4.88 Å². The smallest absolute Gasteiger partial charge is 0.144 e. The second kappa shape index (κ2) is 6.62. The molecule has 0 unspecified atom stereocenters. The van der Waals surface area contributed by atoms with Crippen LogP contribution in [0.25, 0.3) is 0 Å². The Morgan fingerprint density at radius 2 is 1.95 bits per heavy atom. The molecule has 0 atom stereocenters. The number of rotatable bonds is 5. The van der Waals surface area contributed by atoms with Crippen LogP contribution >= 0.6 is 34.5 Å². The number of halogens is 2. The summed E-state index contributed by atoms with van der Waals surface area (Å²) in [5.41, 5.74) is 0.602. The van der Waals surface area contributed by atoms with Gasteiger partial charge in [0.2, 0.25) is 0 Å². The van der Waals surface area contributed by atoms with Crippen LogP contribution in [0.3, 0.4) is 0 Å². The first-order valence-electron chi connectivity index (χ1n) is 5.93. The van der Waals surface area contributed by atoms with Crippen molar-refractivity contribution in [2.75, 3.05) is 0 Å². The molecule has 1 N–H and O–H groups in total. The molecule has 102 valence electrons. The van der Waals surface area contributed by atoms with Crippen molar-refractivity contribution in [2.45, 2.75) is 26.6 Å². The molecular weight excluding hydrogens is 303 g/mol. The topological polar surface area (TPSA) is 29.5 Å². The molecule has 1 heterocycles. The lowest BCUT2D eigenvalue weighted by atomic mass is 10.2. The molecule has 19 heavy (non-hydrogen) atoms. The molecule has 2 rings (SSSR count). The number of hydrogen-bond donors (Lipinski definition) is 1. The van der Waals surface area contributed by atoms with Crippen molar-refractivity contribution in [3.8, 4) is 5.75 Å². The van der Waals surface area contributed by atoms with Gasteiger partial charge in [-0.2, -0.15) is 0 Å². The summed E-state index contributed by atoms with van der Waals surface area (Å²) in [6.07, 6.45) is 1.02. The van der Waals surface area contributed by atoms with Crippen LogP contribution in [0, 0.1) is 0 Å². The standard InChI is InChI=1S/C14H14Cl2O2S/c1-2-11-3-4-12(19-11)8-18-14-9(7-17)5-10(15)6-13(14)16/h3-6,17H,2,7-8H2,1H3. The van der Waals surface area contributed by atoms with E-state index in [1.54, 1.807) is 23.5 Å². The molecule has 2 nitrogen and oxygen atoms in total. The van der Waals surface area contributed by atoms with Gasteiger partial charge in [-0.1, -0.05) is 30.1 Å². The Bertz CT molecular complexity index is 567. The lowest BCUT2D eigenvalue weighted by Gasteiger charge is -2.11. The number of aliphatic hydroxyl groups excluding tert-OH is 1. The van der Waals surface area contributed by atoms with Crippen LogP contribution in [0.4, 0.5) is 0 Å². The Morgan fingerprint density at radius 1 is 1.21 bits per heavy atom. The van der Waals surface area contributed by atoms with Gasteiger partial charge < -0.3 is 9.84 Å². The van der Waals surface area contributed by atoms with Crippen LogP contribution in [0.2, 0.25) is 10.0 Å². The van der Waals surface area contributed by atoms with Gasteiger partial charge in [-0.05, 0) is 30.7 Å². The van der Waals surface area contributed by atoms with Crippen molar-refractivity contribution in [3.05, 3.63) is 49.6 Å². The average molecular weight is 317 g/mol. The normalized spacial score (nSPS) is 10.7. The molecule has 2 aromatic rings. The van der Waals surface area contributed by atoms with Gasteiger partial charge in [0.05, 0.1) is 11.6 Å². The van der Waals surface area contributed by atoms with E-state index >= 15 is 0 Å². The Kier molecular flexibility index (Phi) is 5.11. The fourth-order valence-corrected chi connectivity index (χ4v) is 3.19. The molecule has 0 saturated heterocycles. The second-order valence-electron chi connectivity index (χ2n) is 4.04. The maximum absolute atomic E-state index is 9.31. The number of aliphatic hydroxyl groups is 1. The quantitative estimate of drug-likeness (QED) is 0.867. The minimum Gasteiger partial charge on any atom is -0.486 e. The molecule has 0 fully saturated rings. The molecule has 0 bridgehead atoms. The first kappa shape index (κ1) is 14.7. The van der Waals surface area contributed by atoms with Gasteiger partial charge in [0.15, 0.2) is 0 Å². The van der Waals surface area contributed by atoms with Gasteiger partial charge in [0, 0.05) is 20.3 Å². The monoisotopic (exact) mass is 316 g/mol. The van der Waals surface area contributed by atoms with E-state index in [9.17, 15) is 5.11 Å². The first-order chi connectivity index (χ1) is 9.13. The molecule has 0 amide bonds. The van der Waals surface area contributed by atoms with Crippen molar-refractivity contribution in [1.82, 2.24) is 0 Å². The minimum atomic E-state index is -0.153. The van der Waals surface area contributed by atoms with Crippen LogP contribution in [-0.4, -0.2) is 5.11 Å². The van der Waals surface area contributed by atoms with Crippen LogP contribution < -0.4 is 4.74 Å². The van der Waals surface area contributed by atoms with Crippen molar-refractivity contribution in [1.29, 1.82) is 0 Å². The fraction of sp³-hybridized carbons (Fsp3) is 0.286. The molecule has 0 radical (unpaired) electrons. The summed E-state index contributed by atoms with van der Waals surface area (Å²) in [6.45, 7) is 2.41. The van der Waals surface area contributed by atoms with E-state index < -0.39 is 0 Å². The largest absolute Gasteiger partial charge is 0.486 e. The van der Waals surface area contributed by atoms with Gasteiger partial charge in [-0.15, -0.1) is 11.3 Å². The zero-order chi connectivity index (χ0) is 13.8. The first-order valence-corrected chi connectivity index (χ1v) is 7.50. The highest BCUT2D eigenvalue weighted by molar-refractivity contribution is 7.11. The van der Waals surface area contributed by atoms with E-state index in [0.29, 0.717) is 28.0 Å². The molecule has 1 aromatic carbocycles. The van der Waals surface area contributed by atoms with Crippen molar-refractivity contribution in [3.63, 3.8) is 0 Å². The third-order valence-electron chi connectivity index (χ3n) is 2.68. The van der Waals surface area contributed by atoms with Crippen molar-refractivity contribution >= 4 is 34.5 Å². The van der Waals surface area contributed by atoms with E-state index in [4.69, 9.17) is 27.9 Å². The fourth-order valence-electron chi connectivity index (χ4n) is 1.73. The molecular formula is C14H14Cl2O2S. The average Bonchev–Trinajstić information content (AvgIpc) is 2.84. The van der Waals surface area contributed by atoms with Crippen LogP contribution in [-0.2, 0) is 19.6 Å². The van der Waals surface area contributed by atoms with E-state index in [-0.39, 0.29) is 6.61 Å². The summed E-state index contributed by atoms with van der Waals surface area (Å²) in [4.78, 5) is 2.45. The molecule has 1 aromatic heterocycles. The van der Waals surface area contributed by atoms with Gasteiger partial charge >= 0.3 is 0 Å². The third-order valence-corrected chi connectivity index (χ3v) is 4.38.